The number of carbonyl (C=O) groups is 2. The van der Waals surface area contributed by atoms with Crippen LogP contribution in [0.25, 0.3) is 10.4 Å². The van der Waals surface area contributed by atoms with Gasteiger partial charge in [-0.3, -0.25) is 9.69 Å². The zero-order valence-electron chi connectivity index (χ0n) is 18.1. The monoisotopic (exact) mass is 423 g/mol. The molecule has 4 atom stereocenters. The molecule has 1 saturated heterocycles. The van der Waals surface area contributed by atoms with Gasteiger partial charge < -0.3 is 19.5 Å². The molecular weight excluding hydrogens is 390 g/mol. The Hall–Kier alpha value is -2.13. The van der Waals surface area contributed by atoms with E-state index >= 15 is 0 Å². The third-order valence-electron chi connectivity index (χ3n) is 5.31. The number of rotatable bonds is 10. The number of nitrogens with one attached hydrogen (secondary N) is 1. The van der Waals surface area contributed by atoms with Crippen LogP contribution in [-0.2, 0) is 23.8 Å². The third kappa shape index (κ3) is 6.98. The van der Waals surface area contributed by atoms with Crippen LogP contribution in [0.15, 0.2) is 16.8 Å². The van der Waals surface area contributed by atoms with Crippen LogP contribution in [0.5, 0.6) is 0 Å². The second-order valence-electron chi connectivity index (χ2n) is 7.43. The Morgan fingerprint density at radius 1 is 1.33 bits per heavy atom. The SMILES string of the molecule is CCOCCO[C@H]1CCCN([C@@H]2C=C(C(=O)OCC)C[C@H](N=[N+]=[N-])[C@H]2NC(C)=O)C1. The highest BCUT2D eigenvalue weighted by Gasteiger charge is 2.40. The lowest BCUT2D eigenvalue weighted by Gasteiger charge is -2.44. The Morgan fingerprint density at radius 3 is 2.80 bits per heavy atom. The molecule has 10 nitrogen and oxygen atoms in total. The molecule has 2 aliphatic rings. The molecule has 0 aromatic heterocycles. The number of ether oxygens (including phenoxy) is 3. The van der Waals surface area contributed by atoms with E-state index in [1.54, 1.807) is 6.92 Å². The van der Waals surface area contributed by atoms with E-state index in [-0.39, 0.29) is 31.1 Å². The highest BCUT2D eigenvalue weighted by atomic mass is 16.5. The van der Waals surface area contributed by atoms with Crippen molar-refractivity contribution in [2.24, 2.45) is 5.11 Å². The van der Waals surface area contributed by atoms with E-state index in [2.05, 4.69) is 20.2 Å². The maximum Gasteiger partial charge on any atom is 0.333 e. The first-order chi connectivity index (χ1) is 14.5. The van der Waals surface area contributed by atoms with E-state index in [9.17, 15) is 9.59 Å². The first-order valence-corrected chi connectivity index (χ1v) is 10.6. The summed E-state index contributed by atoms with van der Waals surface area (Å²) >= 11 is 0. The zero-order valence-corrected chi connectivity index (χ0v) is 18.1. The Bertz CT molecular complexity index is 664. The van der Waals surface area contributed by atoms with Gasteiger partial charge in [0.1, 0.15) is 0 Å². The summed E-state index contributed by atoms with van der Waals surface area (Å²) in [5.74, 6) is -0.624. The van der Waals surface area contributed by atoms with E-state index in [0.717, 1.165) is 19.4 Å². The van der Waals surface area contributed by atoms with Crippen molar-refractivity contribution in [2.75, 3.05) is 39.5 Å². The van der Waals surface area contributed by atoms with Crippen LogP contribution in [0.1, 0.15) is 40.0 Å². The van der Waals surface area contributed by atoms with Crippen molar-refractivity contribution < 1.29 is 23.8 Å². The summed E-state index contributed by atoms with van der Waals surface area (Å²) < 4.78 is 16.5. The summed E-state index contributed by atoms with van der Waals surface area (Å²) in [4.78, 5) is 29.4. The normalized spacial score (nSPS) is 27.0. The van der Waals surface area contributed by atoms with Gasteiger partial charge in [0.25, 0.3) is 0 Å². The maximum atomic E-state index is 12.4. The molecule has 30 heavy (non-hydrogen) atoms. The van der Waals surface area contributed by atoms with Crippen LogP contribution in [0.2, 0.25) is 0 Å². The van der Waals surface area contributed by atoms with Crippen LogP contribution in [0, 0.1) is 0 Å². The van der Waals surface area contributed by atoms with Crippen LogP contribution in [0.4, 0.5) is 0 Å². The van der Waals surface area contributed by atoms with Crippen LogP contribution >= 0.6 is 0 Å². The summed E-state index contributed by atoms with van der Waals surface area (Å²) in [6.45, 7) is 8.58. The number of hydrogen-bond donors (Lipinski definition) is 1. The molecule has 168 valence electrons. The average molecular weight is 424 g/mol. The highest BCUT2D eigenvalue weighted by Crippen LogP contribution is 2.29. The van der Waals surface area contributed by atoms with Gasteiger partial charge in [0.2, 0.25) is 5.91 Å². The molecule has 0 bridgehead atoms. The van der Waals surface area contributed by atoms with E-state index in [1.807, 2.05) is 13.0 Å². The summed E-state index contributed by atoms with van der Waals surface area (Å²) in [6, 6.07) is -1.30. The minimum atomic E-state index is -0.576. The topological polar surface area (TPSA) is 126 Å². The minimum Gasteiger partial charge on any atom is -0.463 e. The molecule has 2 rings (SSSR count). The average Bonchev–Trinajstić information content (AvgIpc) is 2.72. The summed E-state index contributed by atoms with van der Waals surface area (Å²) in [6.07, 6.45) is 3.99. The van der Waals surface area contributed by atoms with Gasteiger partial charge in [-0.2, -0.15) is 0 Å². The number of hydrogen-bond acceptors (Lipinski definition) is 7. The lowest BCUT2D eigenvalue weighted by molar-refractivity contribution is -0.138. The van der Waals surface area contributed by atoms with Gasteiger partial charge in [-0.05, 0) is 45.2 Å². The van der Waals surface area contributed by atoms with Gasteiger partial charge in [0.15, 0.2) is 0 Å². The molecule has 0 unspecified atom stereocenters. The zero-order chi connectivity index (χ0) is 21.9. The van der Waals surface area contributed by atoms with Crippen molar-refractivity contribution >= 4 is 11.9 Å². The molecule has 0 spiro atoms. The molecule has 1 fully saturated rings. The fourth-order valence-corrected chi connectivity index (χ4v) is 4.05. The number of likely N-dealkylation sites (tertiary alicyclic amines) is 1. The second kappa shape index (κ2) is 12.5. The molecular formula is C20H33N5O5. The van der Waals surface area contributed by atoms with Crippen molar-refractivity contribution in [1.29, 1.82) is 0 Å². The van der Waals surface area contributed by atoms with Crippen molar-refractivity contribution in [1.82, 2.24) is 10.2 Å². The first kappa shape index (κ1) is 24.1. The number of piperidine rings is 1. The molecule has 1 amide bonds. The van der Waals surface area contributed by atoms with Crippen molar-refractivity contribution in [3.8, 4) is 0 Å². The van der Waals surface area contributed by atoms with E-state index in [4.69, 9.17) is 19.7 Å². The Morgan fingerprint density at radius 2 is 2.13 bits per heavy atom. The minimum absolute atomic E-state index is 0.0384. The van der Waals surface area contributed by atoms with E-state index < -0.39 is 18.1 Å². The predicted molar refractivity (Wildman–Crippen MR) is 111 cm³/mol. The number of esters is 1. The molecule has 1 heterocycles. The summed E-state index contributed by atoms with van der Waals surface area (Å²) in [7, 11) is 0. The van der Waals surface area contributed by atoms with Gasteiger partial charge in [0, 0.05) is 36.6 Å². The van der Waals surface area contributed by atoms with Gasteiger partial charge in [-0.15, -0.1) is 0 Å². The van der Waals surface area contributed by atoms with Crippen LogP contribution in [-0.4, -0.2) is 80.5 Å². The molecule has 0 saturated carbocycles. The van der Waals surface area contributed by atoms with Crippen LogP contribution in [0.3, 0.4) is 0 Å². The van der Waals surface area contributed by atoms with E-state index in [1.165, 1.54) is 6.92 Å². The van der Waals surface area contributed by atoms with Gasteiger partial charge >= 0.3 is 5.97 Å². The second-order valence-corrected chi connectivity index (χ2v) is 7.43. The fourth-order valence-electron chi connectivity index (χ4n) is 4.05. The smallest absolute Gasteiger partial charge is 0.333 e. The maximum absolute atomic E-state index is 12.4. The summed E-state index contributed by atoms with van der Waals surface area (Å²) in [5, 5.41) is 6.82. The van der Waals surface area contributed by atoms with Gasteiger partial charge in [-0.1, -0.05) is 11.2 Å². The highest BCUT2D eigenvalue weighted by molar-refractivity contribution is 5.89. The Balaban J connectivity index is 2.22. The predicted octanol–water partition coefficient (Wildman–Crippen LogP) is 1.95. The summed E-state index contributed by atoms with van der Waals surface area (Å²) in [5.41, 5.74) is 9.52. The molecule has 0 radical (unpaired) electrons. The number of carbonyl (C=O) groups excluding carboxylic acids is 2. The van der Waals surface area contributed by atoms with Crippen LogP contribution < -0.4 is 5.32 Å². The molecule has 0 aromatic carbocycles. The molecule has 10 heteroatoms. The van der Waals surface area contributed by atoms with Crippen molar-refractivity contribution in [3.63, 3.8) is 0 Å². The fraction of sp³-hybridized carbons (Fsp3) is 0.800. The van der Waals surface area contributed by atoms with Crippen molar-refractivity contribution in [3.05, 3.63) is 22.1 Å². The molecule has 1 N–H and O–H groups in total. The Labute approximate surface area is 177 Å². The van der Waals surface area contributed by atoms with Crippen molar-refractivity contribution in [2.45, 2.75) is 64.3 Å². The Kier molecular flexibility index (Phi) is 10.1. The van der Waals surface area contributed by atoms with Gasteiger partial charge in [0.05, 0.1) is 38.0 Å². The molecule has 1 aliphatic heterocycles. The lowest BCUT2D eigenvalue weighted by atomic mass is 9.85. The standard InChI is InChI=1S/C20H33N5O5/c1-4-28-9-10-30-16-7-6-8-25(13-16)18-12-15(20(27)29-5-2)11-17(23-24-21)19(18)22-14(3)26/h12,16-19H,4-11,13H2,1-3H3,(H,22,26)/t16-,17-,18+,19+/m0/s1. The molecule has 1 aliphatic carbocycles. The third-order valence-corrected chi connectivity index (χ3v) is 5.31. The largest absolute Gasteiger partial charge is 0.463 e. The van der Waals surface area contributed by atoms with Gasteiger partial charge in [-0.25, -0.2) is 4.79 Å². The first-order valence-electron chi connectivity index (χ1n) is 10.6. The number of nitrogens with zero attached hydrogens (tertiary/aromatic N) is 4. The number of amides is 1. The number of azide groups is 1. The molecule has 0 aromatic rings. The van der Waals surface area contributed by atoms with E-state index in [0.29, 0.717) is 31.9 Å². The quantitative estimate of drug-likeness (QED) is 0.188. The lowest BCUT2D eigenvalue weighted by Crippen LogP contribution is -2.60.